The summed E-state index contributed by atoms with van der Waals surface area (Å²) < 4.78 is 30.8. The van der Waals surface area contributed by atoms with E-state index in [0.29, 0.717) is 26.4 Å². The highest BCUT2D eigenvalue weighted by Gasteiger charge is 2.16. The van der Waals surface area contributed by atoms with Crippen molar-refractivity contribution in [3.63, 3.8) is 0 Å². The second-order valence-corrected chi connectivity index (χ2v) is 15.4. The van der Waals surface area contributed by atoms with Gasteiger partial charge in [-0.1, -0.05) is 202 Å². The third-order valence-corrected chi connectivity index (χ3v) is 9.32. The van der Waals surface area contributed by atoms with Crippen molar-refractivity contribution < 1.29 is 47.6 Å². The van der Waals surface area contributed by atoms with Crippen molar-refractivity contribution in [1.29, 1.82) is 0 Å². The molecule has 0 amide bonds. The fourth-order valence-electron chi connectivity index (χ4n) is 5.84. The zero-order chi connectivity index (χ0) is 47.4. The second-order valence-electron chi connectivity index (χ2n) is 15.4. The molecule has 0 N–H and O–H groups in total. The van der Waals surface area contributed by atoms with Crippen LogP contribution in [0.4, 0.5) is 0 Å². The van der Waals surface area contributed by atoms with Gasteiger partial charge in [0.1, 0.15) is 19.3 Å². The number of unbranched alkanes of at least 4 members (excludes halogenated alkanes) is 18. The van der Waals surface area contributed by atoms with Crippen LogP contribution in [0.3, 0.4) is 0 Å². The first-order valence-electron chi connectivity index (χ1n) is 24.4. The van der Waals surface area contributed by atoms with E-state index >= 15 is 0 Å². The molecule has 0 unspecified atom stereocenters. The lowest BCUT2D eigenvalue weighted by Crippen LogP contribution is -2.29. The number of carbonyl (C=O) groups excluding carboxylic acids is 4. The molecule has 0 atom stereocenters. The molecular weight excluding hydrogens is 809 g/mol. The Morgan fingerprint density at radius 3 is 1.00 bits per heavy atom. The Kier molecular flexibility index (Phi) is 49.6. The van der Waals surface area contributed by atoms with Crippen molar-refractivity contribution in [2.45, 2.75) is 182 Å². The average Bonchev–Trinajstić information content (AvgIpc) is 3.27. The van der Waals surface area contributed by atoms with E-state index in [-0.39, 0.29) is 19.3 Å². The van der Waals surface area contributed by atoms with Crippen molar-refractivity contribution in [1.82, 2.24) is 0 Å². The van der Waals surface area contributed by atoms with Gasteiger partial charge in [0, 0.05) is 39.2 Å². The molecule has 0 aromatic rings. The summed E-state index contributed by atoms with van der Waals surface area (Å²) in [6.07, 6.45) is 54.7. The van der Waals surface area contributed by atoms with E-state index in [4.69, 9.17) is 28.4 Å². The van der Waals surface area contributed by atoms with E-state index in [2.05, 4.69) is 32.1 Å². The Bertz CT molecular complexity index is 1330. The summed E-state index contributed by atoms with van der Waals surface area (Å²) in [5.74, 6) is -2.01. The second kappa shape index (κ2) is 51.4. The summed E-state index contributed by atoms with van der Waals surface area (Å²) in [6, 6.07) is 0. The molecule has 0 aliphatic rings. The number of esters is 4. The first kappa shape index (κ1) is 61.8. The molecular formula is C54H88O10. The molecule has 0 aliphatic carbocycles. The molecule has 10 nitrogen and oxygen atoms in total. The summed E-state index contributed by atoms with van der Waals surface area (Å²) in [5.41, 5.74) is 0. The summed E-state index contributed by atoms with van der Waals surface area (Å²) >= 11 is 0. The van der Waals surface area contributed by atoms with Gasteiger partial charge in [0.15, 0.2) is 6.10 Å². The van der Waals surface area contributed by atoms with Crippen LogP contribution in [0.5, 0.6) is 0 Å². The molecule has 10 heteroatoms. The van der Waals surface area contributed by atoms with Crippen LogP contribution < -0.4 is 0 Å². The van der Waals surface area contributed by atoms with E-state index in [1.165, 1.54) is 142 Å². The molecule has 64 heavy (non-hydrogen) atoms. The van der Waals surface area contributed by atoms with Gasteiger partial charge >= 0.3 is 23.9 Å². The molecule has 0 bridgehead atoms. The topological polar surface area (TPSA) is 124 Å². The van der Waals surface area contributed by atoms with E-state index < -0.39 is 30.0 Å². The lowest BCUT2D eigenvalue weighted by atomic mass is 10.1. The van der Waals surface area contributed by atoms with Crippen LogP contribution >= 0.6 is 0 Å². The summed E-state index contributed by atoms with van der Waals surface area (Å²) in [4.78, 5) is 45.5. The highest BCUT2D eigenvalue weighted by molar-refractivity contribution is 5.82. The van der Waals surface area contributed by atoms with Gasteiger partial charge in [0.05, 0.1) is 13.2 Å². The zero-order valence-electron chi connectivity index (χ0n) is 40.9. The maximum atomic E-state index is 11.9. The van der Waals surface area contributed by atoms with Crippen molar-refractivity contribution in [2.24, 2.45) is 0 Å². The van der Waals surface area contributed by atoms with Crippen molar-refractivity contribution in [2.75, 3.05) is 39.6 Å². The highest BCUT2D eigenvalue weighted by atomic mass is 16.6. The SMILES string of the molecule is CCCCCCCCC/C=C/C=C/C=C/C=C/C=C/C(=O)OC(COCC)COCC.CCCCCCCCCCCCC/C=C/C=C/C=C/C(=O)OC(COC(C)=O)COC(C)=O. The number of hydrogen-bond donors (Lipinski definition) is 0. The predicted octanol–water partition coefficient (Wildman–Crippen LogP) is 13.3. The normalized spacial score (nSPS) is 12.1. The molecule has 0 radical (unpaired) electrons. The third kappa shape index (κ3) is 52.1. The lowest BCUT2D eigenvalue weighted by Gasteiger charge is -2.16. The van der Waals surface area contributed by atoms with Crippen LogP contribution in [0.15, 0.2) is 97.2 Å². The number of ether oxygens (including phenoxy) is 6. The molecule has 0 aliphatic heterocycles. The quantitative estimate of drug-likeness (QED) is 0.0193. The van der Waals surface area contributed by atoms with Gasteiger partial charge < -0.3 is 28.4 Å². The molecule has 364 valence electrons. The highest BCUT2D eigenvalue weighted by Crippen LogP contribution is 2.12. The molecule has 0 spiro atoms. The fraction of sp³-hybridized carbons (Fsp3) is 0.630. The minimum absolute atomic E-state index is 0.167. The van der Waals surface area contributed by atoms with E-state index in [0.717, 1.165) is 12.8 Å². The minimum Gasteiger partial charge on any atom is -0.462 e. The Balaban J connectivity index is 0. The average molecular weight is 897 g/mol. The van der Waals surface area contributed by atoms with Crippen LogP contribution in [0, 0.1) is 0 Å². The monoisotopic (exact) mass is 897 g/mol. The van der Waals surface area contributed by atoms with Crippen molar-refractivity contribution in [3.8, 4) is 0 Å². The molecule has 0 aromatic carbocycles. The number of rotatable bonds is 40. The maximum absolute atomic E-state index is 11.9. The van der Waals surface area contributed by atoms with E-state index in [1.807, 2.05) is 56.4 Å². The molecule has 0 saturated carbocycles. The number of hydrogen-bond acceptors (Lipinski definition) is 10. The first-order valence-corrected chi connectivity index (χ1v) is 24.4. The van der Waals surface area contributed by atoms with Crippen LogP contribution in [0.25, 0.3) is 0 Å². The van der Waals surface area contributed by atoms with Crippen molar-refractivity contribution >= 4 is 23.9 Å². The van der Waals surface area contributed by atoms with E-state index in [1.54, 1.807) is 24.3 Å². The van der Waals surface area contributed by atoms with Gasteiger partial charge in [0.2, 0.25) is 0 Å². The van der Waals surface area contributed by atoms with Gasteiger partial charge in [-0.05, 0) is 39.5 Å². The number of carbonyl (C=O) groups is 4. The van der Waals surface area contributed by atoms with Gasteiger partial charge in [-0.25, -0.2) is 9.59 Å². The molecule has 0 rings (SSSR count). The third-order valence-electron chi connectivity index (χ3n) is 9.32. The fourth-order valence-corrected chi connectivity index (χ4v) is 5.84. The van der Waals surface area contributed by atoms with Gasteiger partial charge in [-0.15, -0.1) is 0 Å². The Hall–Kier alpha value is -4.28. The van der Waals surface area contributed by atoms with Crippen LogP contribution in [0.2, 0.25) is 0 Å². The Morgan fingerprint density at radius 2 is 0.672 bits per heavy atom. The zero-order valence-corrected chi connectivity index (χ0v) is 40.9. The Morgan fingerprint density at radius 1 is 0.375 bits per heavy atom. The van der Waals surface area contributed by atoms with Gasteiger partial charge in [-0.3, -0.25) is 9.59 Å². The van der Waals surface area contributed by atoms with Gasteiger partial charge in [-0.2, -0.15) is 0 Å². The minimum atomic E-state index is -0.843. The molecule has 0 fully saturated rings. The first-order chi connectivity index (χ1) is 31.2. The maximum Gasteiger partial charge on any atom is 0.331 e. The van der Waals surface area contributed by atoms with Gasteiger partial charge in [0.25, 0.3) is 0 Å². The van der Waals surface area contributed by atoms with Crippen LogP contribution in [-0.4, -0.2) is 75.7 Å². The van der Waals surface area contributed by atoms with E-state index in [9.17, 15) is 19.2 Å². The molecule has 0 heterocycles. The summed E-state index contributed by atoms with van der Waals surface area (Å²) in [6.45, 7) is 12.3. The summed E-state index contributed by atoms with van der Waals surface area (Å²) in [7, 11) is 0. The standard InChI is InChI=1S/C27H44O6.C27H44O4/c1-4-5-6-7-8-9-10-11-12-13-14-15-16-17-18-19-20-21-27(30)33-26(22-31-24(2)28)23-32-25(3)29;1-4-7-8-9-10-11-12-13-14-15-16-17-18-19-20-21-22-23-27(28)31-26(24-29-5-2)25-30-6-3/h16-21,26H,4-15,22-23H2,1-3H3;14-23,26H,4-13,24-25H2,1-3H3/b17-16+,19-18+,21-20+;15-14+,17-16+,19-18+,21-20+,23-22+. The summed E-state index contributed by atoms with van der Waals surface area (Å²) in [5, 5.41) is 0. The molecule has 0 saturated heterocycles. The molecule has 0 aromatic heterocycles. The van der Waals surface area contributed by atoms with Crippen molar-refractivity contribution in [3.05, 3.63) is 97.2 Å². The van der Waals surface area contributed by atoms with Crippen LogP contribution in [0.1, 0.15) is 170 Å². The smallest absolute Gasteiger partial charge is 0.331 e. The lowest BCUT2D eigenvalue weighted by molar-refractivity contribution is -0.162. The number of allylic oxidation sites excluding steroid dienone is 14. The Labute approximate surface area is 389 Å². The van der Waals surface area contributed by atoms with Crippen LogP contribution in [-0.2, 0) is 47.6 Å². The predicted molar refractivity (Wildman–Crippen MR) is 263 cm³/mol. The largest absolute Gasteiger partial charge is 0.462 e.